The Labute approximate surface area is 143 Å². The summed E-state index contributed by atoms with van der Waals surface area (Å²) < 4.78 is 13.6. The van der Waals surface area contributed by atoms with Gasteiger partial charge in [0.1, 0.15) is 5.82 Å². The van der Waals surface area contributed by atoms with Gasteiger partial charge in [0.15, 0.2) is 0 Å². The number of hydrogen-bond donors (Lipinski definition) is 2. The van der Waals surface area contributed by atoms with Gasteiger partial charge >= 0.3 is 0 Å². The number of carbonyl (C=O) groups is 2. The first kappa shape index (κ1) is 17.6. The summed E-state index contributed by atoms with van der Waals surface area (Å²) in [5.74, 6) is -1.11. The number of hydrazone groups is 1. The number of anilines is 1. The van der Waals surface area contributed by atoms with Crippen molar-refractivity contribution >= 4 is 35.3 Å². The van der Waals surface area contributed by atoms with E-state index in [1.165, 1.54) is 18.2 Å². The Kier molecular flexibility index (Phi) is 6.03. The average molecular weight is 348 g/mol. The first-order valence-electron chi connectivity index (χ1n) is 7.18. The molecule has 24 heavy (non-hydrogen) atoms. The van der Waals surface area contributed by atoms with E-state index in [4.69, 9.17) is 11.6 Å². The Morgan fingerprint density at radius 3 is 2.54 bits per heavy atom. The van der Waals surface area contributed by atoms with Crippen LogP contribution >= 0.6 is 11.6 Å². The van der Waals surface area contributed by atoms with E-state index in [0.29, 0.717) is 17.7 Å². The molecule has 2 rings (SSSR count). The highest BCUT2D eigenvalue weighted by Crippen LogP contribution is 2.16. The van der Waals surface area contributed by atoms with Gasteiger partial charge in [0, 0.05) is 23.2 Å². The molecular weight excluding hydrogens is 333 g/mol. The van der Waals surface area contributed by atoms with Crippen LogP contribution in [0.4, 0.5) is 10.1 Å². The molecule has 0 radical (unpaired) electrons. The highest BCUT2D eigenvalue weighted by atomic mass is 35.5. The summed E-state index contributed by atoms with van der Waals surface area (Å²) in [6.07, 6.45) is 1.51. The minimum atomic E-state index is -0.531. The lowest BCUT2D eigenvalue weighted by atomic mass is 10.2. The zero-order chi connectivity index (χ0) is 17.5. The molecule has 0 spiro atoms. The normalized spacial score (nSPS) is 10.6. The fourth-order valence-corrected chi connectivity index (χ4v) is 2.02. The molecule has 0 aromatic heterocycles. The lowest BCUT2D eigenvalue weighted by molar-refractivity contribution is -0.115. The van der Waals surface area contributed by atoms with Gasteiger partial charge in [-0.15, -0.1) is 0 Å². The molecule has 0 aliphatic carbocycles. The maximum Gasteiger partial charge on any atom is 0.271 e. The third-order valence-electron chi connectivity index (χ3n) is 3.11. The molecule has 7 heteroatoms. The van der Waals surface area contributed by atoms with Crippen LogP contribution in [0.5, 0.6) is 0 Å². The fraction of sp³-hybridized carbons (Fsp3) is 0.118. The predicted molar refractivity (Wildman–Crippen MR) is 91.8 cm³/mol. The minimum absolute atomic E-state index is 0.0945. The molecule has 2 N–H and O–H groups in total. The van der Waals surface area contributed by atoms with Crippen molar-refractivity contribution in [1.29, 1.82) is 0 Å². The van der Waals surface area contributed by atoms with Crippen molar-refractivity contribution in [2.75, 3.05) is 5.32 Å². The smallest absolute Gasteiger partial charge is 0.271 e. The van der Waals surface area contributed by atoms with E-state index < -0.39 is 11.7 Å². The van der Waals surface area contributed by atoms with Gasteiger partial charge < -0.3 is 5.32 Å². The van der Waals surface area contributed by atoms with Crippen molar-refractivity contribution in [2.24, 2.45) is 5.10 Å². The molecule has 2 aromatic carbocycles. The zero-order valence-electron chi connectivity index (χ0n) is 12.8. The van der Waals surface area contributed by atoms with E-state index in [9.17, 15) is 14.0 Å². The number of nitrogens with one attached hydrogen (secondary N) is 2. The Balaban J connectivity index is 2.00. The maximum absolute atomic E-state index is 13.6. The molecule has 0 atom stereocenters. The van der Waals surface area contributed by atoms with Gasteiger partial charge in [0.25, 0.3) is 5.91 Å². The van der Waals surface area contributed by atoms with Crippen molar-refractivity contribution < 1.29 is 14.0 Å². The van der Waals surface area contributed by atoms with Crippen LogP contribution in [0.1, 0.15) is 29.3 Å². The Morgan fingerprint density at radius 2 is 1.92 bits per heavy atom. The molecule has 2 amide bonds. The number of rotatable bonds is 5. The molecule has 124 valence electrons. The number of nitrogens with zero attached hydrogens (tertiary/aromatic N) is 1. The molecule has 0 saturated heterocycles. The van der Waals surface area contributed by atoms with Gasteiger partial charge in [-0.1, -0.05) is 24.6 Å². The first-order chi connectivity index (χ1) is 11.5. The first-order valence-corrected chi connectivity index (χ1v) is 7.56. The second-order valence-electron chi connectivity index (χ2n) is 4.81. The van der Waals surface area contributed by atoms with E-state index in [-0.39, 0.29) is 16.5 Å². The van der Waals surface area contributed by atoms with Gasteiger partial charge in [-0.3, -0.25) is 9.59 Å². The fourth-order valence-electron chi connectivity index (χ4n) is 1.81. The van der Waals surface area contributed by atoms with Crippen molar-refractivity contribution in [3.63, 3.8) is 0 Å². The molecule has 2 aromatic rings. The Morgan fingerprint density at radius 1 is 1.21 bits per heavy atom. The monoisotopic (exact) mass is 347 g/mol. The van der Waals surface area contributed by atoms with Crippen LogP contribution in [-0.2, 0) is 4.79 Å². The van der Waals surface area contributed by atoms with Crippen LogP contribution in [0.25, 0.3) is 0 Å². The molecule has 0 saturated carbocycles. The summed E-state index contributed by atoms with van der Waals surface area (Å²) in [4.78, 5) is 23.2. The lowest BCUT2D eigenvalue weighted by Crippen LogP contribution is -2.18. The molecule has 0 aliphatic heterocycles. The second-order valence-corrected chi connectivity index (χ2v) is 5.22. The SMILES string of the molecule is CCC(=O)Nc1ccc(C(=O)NN=Cc2c(F)cccc2Cl)cc1. The minimum Gasteiger partial charge on any atom is -0.326 e. The summed E-state index contributed by atoms with van der Waals surface area (Å²) in [5.41, 5.74) is 3.33. The van der Waals surface area contributed by atoms with Gasteiger partial charge in [-0.25, -0.2) is 9.82 Å². The van der Waals surface area contributed by atoms with E-state index in [1.807, 2.05) is 0 Å². The van der Waals surface area contributed by atoms with Gasteiger partial charge in [-0.05, 0) is 36.4 Å². The van der Waals surface area contributed by atoms with Crippen molar-refractivity contribution in [1.82, 2.24) is 5.43 Å². The number of benzene rings is 2. The van der Waals surface area contributed by atoms with Crippen LogP contribution < -0.4 is 10.7 Å². The quantitative estimate of drug-likeness (QED) is 0.641. The molecule has 0 heterocycles. The lowest BCUT2D eigenvalue weighted by Gasteiger charge is -2.05. The highest BCUT2D eigenvalue weighted by Gasteiger charge is 2.06. The standard InChI is InChI=1S/C17H15ClFN3O2/c1-2-16(23)21-12-8-6-11(7-9-12)17(24)22-20-10-13-14(18)4-3-5-15(13)19/h3-10H,2H2,1H3,(H,21,23)(H,22,24). The average Bonchev–Trinajstić information content (AvgIpc) is 2.58. The third kappa shape index (κ3) is 4.63. The maximum atomic E-state index is 13.6. The van der Waals surface area contributed by atoms with Crippen LogP contribution in [0.15, 0.2) is 47.6 Å². The largest absolute Gasteiger partial charge is 0.326 e. The van der Waals surface area contributed by atoms with Gasteiger partial charge in [0.05, 0.1) is 11.2 Å². The van der Waals surface area contributed by atoms with Crippen LogP contribution in [0, 0.1) is 5.82 Å². The van der Waals surface area contributed by atoms with E-state index in [1.54, 1.807) is 31.2 Å². The van der Waals surface area contributed by atoms with Crippen molar-refractivity contribution in [3.8, 4) is 0 Å². The second kappa shape index (κ2) is 8.21. The number of carbonyl (C=O) groups excluding carboxylic acids is 2. The Hall–Kier alpha value is -2.73. The van der Waals surface area contributed by atoms with Gasteiger partial charge in [-0.2, -0.15) is 5.10 Å². The van der Waals surface area contributed by atoms with E-state index in [2.05, 4.69) is 15.8 Å². The van der Waals surface area contributed by atoms with Crippen molar-refractivity contribution in [2.45, 2.75) is 13.3 Å². The van der Waals surface area contributed by atoms with E-state index in [0.717, 1.165) is 6.21 Å². The number of halogens is 2. The molecule has 0 unspecified atom stereocenters. The summed E-state index contributed by atoms with van der Waals surface area (Å²) in [7, 11) is 0. The highest BCUT2D eigenvalue weighted by molar-refractivity contribution is 6.33. The number of amides is 2. The summed E-state index contributed by atoms with van der Waals surface area (Å²) in [6.45, 7) is 1.75. The van der Waals surface area contributed by atoms with Crippen LogP contribution in [-0.4, -0.2) is 18.0 Å². The summed E-state index contributed by atoms with van der Waals surface area (Å²) in [5, 5.41) is 6.58. The summed E-state index contributed by atoms with van der Waals surface area (Å²) in [6, 6.07) is 10.6. The molecule has 0 bridgehead atoms. The molecule has 0 aliphatic rings. The molecule has 0 fully saturated rings. The van der Waals surface area contributed by atoms with E-state index >= 15 is 0 Å². The van der Waals surface area contributed by atoms with Crippen molar-refractivity contribution in [3.05, 3.63) is 64.4 Å². The summed E-state index contributed by atoms with van der Waals surface area (Å²) >= 11 is 5.85. The number of hydrogen-bond acceptors (Lipinski definition) is 3. The molecular formula is C17H15ClFN3O2. The van der Waals surface area contributed by atoms with Crippen LogP contribution in [0.3, 0.4) is 0 Å². The third-order valence-corrected chi connectivity index (χ3v) is 3.44. The Bertz CT molecular complexity index is 756. The van der Waals surface area contributed by atoms with Gasteiger partial charge in [0.2, 0.25) is 5.91 Å². The van der Waals surface area contributed by atoms with Crippen LogP contribution in [0.2, 0.25) is 5.02 Å². The topological polar surface area (TPSA) is 70.6 Å². The molecule has 5 nitrogen and oxygen atoms in total. The zero-order valence-corrected chi connectivity index (χ0v) is 13.6. The predicted octanol–water partition coefficient (Wildman–Crippen LogP) is 3.59.